The third kappa shape index (κ3) is 4.03. The molecule has 2 saturated heterocycles. The number of benzene rings is 1. The van der Waals surface area contributed by atoms with Crippen LogP contribution in [0.1, 0.15) is 31.4 Å². The maximum absolute atomic E-state index is 14.1. The van der Waals surface area contributed by atoms with Gasteiger partial charge in [0, 0.05) is 50.5 Å². The molecule has 1 aromatic heterocycles. The van der Waals surface area contributed by atoms with Crippen molar-refractivity contribution >= 4 is 16.8 Å². The van der Waals surface area contributed by atoms with E-state index in [-0.39, 0.29) is 17.1 Å². The van der Waals surface area contributed by atoms with Crippen LogP contribution in [0.15, 0.2) is 30.3 Å². The van der Waals surface area contributed by atoms with Gasteiger partial charge >= 0.3 is 0 Å². The molecule has 1 atom stereocenters. The predicted molar refractivity (Wildman–Crippen MR) is 106 cm³/mol. The number of amides is 1. The molecule has 0 N–H and O–H groups in total. The number of hydrogen-bond acceptors (Lipinski definition) is 4. The Morgan fingerprint density at radius 1 is 1.21 bits per heavy atom. The average Bonchev–Trinajstić information content (AvgIpc) is 2.70. The number of aromatic nitrogens is 1. The largest absolute Gasteiger partial charge is 0.383 e. The maximum atomic E-state index is 14.1. The van der Waals surface area contributed by atoms with Gasteiger partial charge in [-0.15, -0.1) is 0 Å². The first-order chi connectivity index (χ1) is 13.6. The zero-order valence-electron chi connectivity index (χ0n) is 16.5. The maximum Gasteiger partial charge on any atom is 0.222 e. The van der Waals surface area contributed by atoms with Gasteiger partial charge in [-0.2, -0.15) is 0 Å². The topological polar surface area (TPSA) is 45.7 Å². The van der Waals surface area contributed by atoms with Gasteiger partial charge in [0.15, 0.2) is 0 Å². The normalized spacial score (nSPS) is 23.6. The Labute approximate surface area is 165 Å². The number of rotatable bonds is 5. The number of hydrogen-bond donors (Lipinski definition) is 0. The predicted octanol–water partition coefficient (Wildman–Crippen LogP) is 3.22. The smallest absolute Gasteiger partial charge is 0.222 e. The summed E-state index contributed by atoms with van der Waals surface area (Å²) >= 11 is 0. The lowest BCUT2D eigenvalue weighted by molar-refractivity contribution is -0.140. The first kappa shape index (κ1) is 19.3. The minimum absolute atomic E-state index is 0.155. The van der Waals surface area contributed by atoms with Crippen molar-refractivity contribution in [2.45, 2.75) is 32.2 Å². The summed E-state index contributed by atoms with van der Waals surface area (Å²) in [5, 5.41) is 0.832. The SMILES string of the molecule is COCCN1C[C@]2(CCCN(Cc3ccc4cccc(F)c4n3)C2)CCC1=O. The van der Waals surface area contributed by atoms with Crippen LogP contribution in [0.2, 0.25) is 0 Å². The fourth-order valence-corrected chi connectivity index (χ4v) is 4.75. The van der Waals surface area contributed by atoms with E-state index in [1.54, 1.807) is 13.2 Å². The lowest BCUT2D eigenvalue weighted by atomic mass is 9.73. The molecule has 2 aliphatic rings. The average molecular weight is 385 g/mol. The van der Waals surface area contributed by atoms with Crippen LogP contribution in [-0.4, -0.2) is 60.6 Å². The molecule has 2 aromatic rings. The number of carbonyl (C=O) groups is 1. The van der Waals surface area contributed by atoms with Gasteiger partial charge in [0.25, 0.3) is 0 Å². The second-order valence-corrected chi connectivity index (χ2v) is 8.24. The summed E-state index contributed by atoms with van der Waals surface area (Å²) in [6.45, 7) is 4.76. The van der Waals surface area contributed by atoms with Crippen molar-refractivity contribution in [2.75, 3.05) is 39.9 Å². The number of methoxy groups -OCH3 is 1. The van der Waals surface area contributed by atoms with Crippen LogP contribution in [0.25, 0.3) is 10.9 Å². The van der Waals surface area contributed by atoms with Crippen LogP contribution in [0, 0.1) is 11.2 Å². The number of pyridine rings is 1. The van der Waals surface area contributed by atoms with Crippen LogP contribution >= 0.6 is 0 Å². The van der Waals surface area contributed by atoms with Crippen LogP contribution in [0.4, 0.5) is 4.39 Å². The summed E-state index contributed by atoms with van der Waals surface area (Å²) in [6.07, 6.45) is 3.84. The lowest BCUT2D eigenvalue weighted by Gasteiger charge is -2.48. The molecule has 0 bridgehead atoms. The number of fused-ring (bicyclic) bond motifs is 1. The van der Waals surface area contributed by atoms with E-state index in [2.05, 4.69) is 9.88 Å². The van der Waals surface area contributed by atoms with Crippen LogP contribution in [0.5, 0.6) is 0 Å². The number of piperidine rings is 2. The van der Waals surface area contributed by atoms with E-state index in [9.17, 15) is 9.18 Å². The highest BCUT2D eigenvalue weighted by molar-refractivity contribution is 5.79. The number of carbonyl (C=O) groups excluding carboxylic acids is 1. The highest BCUT2D eigenvalue weighted by atomic mass is 19.1. The van der Waals surface area contributed by atoms with Crippen molar-refractivity contribution in [2.24, 2.45) is 5.41 Å². The summed E-state index contributed by atoms with van der Waals surface area (Å²) in [7, 11) is 1.67. The molecule has 1 aromatic carbocycles. The number of likely N-dealkylation sites (tertiary alicyclic amines) is 2. The van der Waals surface area contributed by atoms with Crippen LogP contribution in [-0.2, 0) is 16.1 Å². The van der Waals surface area contributed by atoms with Crippen molar-refractivity contribution in [3.63, 3.8) is 0 Å². The molecule has 28 heavy (non-hydrogen) atoms. The van der Waals surface area contributed by atoms with Gasteiger partial charge in [0.2, 0.25) is 5.91 Å². The third-order valence-corrected chi connectivity index (χ3v) is 6.17. The second kappa shape index (κ2) is 8.13. The van der Waals surface area contributed by atoms with Gasteiger partial charge in [-0.05, 0) is 37.9 Å². The third-order valence-electron chi connectivity index (χ3n) is 6.17. The number of para-hydroxylation sites is 1. The van der Waals surface area contributed by atoms with Crippen molar-refractivity contribution in [3.05, 3.63) is 41.8 Å². The van der Waals surface area contributed by atoms with Gasteiger partial charge in [0.1, 0.15) is 11.3 Å². The van der Waals surface area contributed by atoms with Crippen molar-refractivity contribution in [1.82, 2.24) is 14.8 Å². The van der Waals surface area contributed by atoms with Crippen LogP contribution in [0.3, 0.4) is 0 Å². The van der Waals surface area contributed by atoms with E-state index in [1.165, 1.54) is 6.07 Å². The quantitative estimate of drug-likeness (QED) is 0.793. The molecule has 0 aliphatic carbocycles. The lowest BCUT2D eigenvalue weighted by Crippen LogP contribution is -2.54. The summed E-state index contributed by atoms with van der Waals surface area (Å²) < 4.78 is 19.3. The summed E-state index contributed by atoms with van der Waals surface area (Å²) in [6, 6.07) is 9.01. The van der Waals surface area contributed by atoms with Crippen molar-refractivity contribution < 1.29 is 13.9 Å². The summed E-state index contributed by atoms with van der Waals surface area (Å²) in [5.74, 6) is -0.0273. The van der Waals surface area contributed by atoms with Gasteiger partial charge in [-0.3, -0.25) is 9.69 Å². The van der Waals surface area contributed by atoms with Gasteiger partial charge in [0.05, 0.1) is 12.3 Å². The molecule has 2 fully saturated rings. The highest BCUT2D eigenvalue weighted by Gasteiger charge is 2.41. The van der Waals surface area contributed by atoms with Crippen molar-refractivity contribution in [1.29, 1.82) is 0 Å². The number of ether oxygens (including phenoxy) is 1. The van der Waals surface area contributed by atoms with E-state index >= 15 is 0 Å². The Balaban J connectivity index is 1.46. The fraction of sp³-hybridized carbons (Fsp3) is 0.545. The Morgan fingerprint density at radius 3 is 2.96 bits per heavy atom. The molecule has 1 spiro atoms. The molecule has 5 nitrogen and oxygen atoms in total. The molecule has 2 aliphatic heterocycles. The zero-order chi connectivity index (χ0) is 19.6. The highest BCUT2D eigenvalue weighted by Crippen LogP contribution is 2.39. The molecule has 4 rings (SSSR count). The molecule has 150 valence electrons. The zero-order valence-corrected chi connectivity index (χ0v) is 16.5. The number of halogens is 1. The Bertz CT molecular complexity index is 859. The van der Waals surface area contributed by atoms with Gasteiger partial charge < -0.3 is 9.64 Å². The van der Waals surface area contributed by atoms with Crippen molar-refractivity contribution in [3.8, 4) is 0 Å². The summed E-state index contributed by atoms with van der Waals surface area (Å²) in [5.41, 5.74) is 1.50. The standard InChI is InChI=1S/C22H28FN3O2/c1-28-13-12-26-16-22(10-8-20(26)27)9-3-11-25(15-22)14-18-7-6-17-4-2-5-19(23)21(17)24-18/h2,4-7H,3,8-16H2,1H3/t22-/m1/s1. The molecule has 0 unspecified atom stereocenters. The monoisotopic (exact) mass is 385 g/mol. The molecule has 1 amide bonds. The van der Waals surface area contributed by atoms with Gasteiger partial charge in [-0.25, -0.2) is 9.37 Å². The Morgan fingerprint density at radius 2 is 2.11 bits per heavy atom. The second-order valence-electron chi connectivity index (χ2n) is 8.24. The van der Waals surface area contributed by atoms with E-state index in [0.717, 1.165) is 56.5 Å². The summed E-state index contributed by atoms with van der Waals surface area (Å²) in [4.78, 5) is 21.2. The van der Waals surface area contributed by atoms with E-state index < -0.39 is 0 Å². The minimum Gasteiger partial charge on any atom is -0.383 e. The first-order valence-electron chi connectivity index (χ1n) is 10.1. The Kier molecular flexibility index (Phi) is 5.60. The molecular formula is C22H28FN3O2. The minimum atomic E-state index is -0.269. The Hall–Kier alpha value is -2.05. The van der Waals surface area contributed by atoms with E-state index in [4.69, 9.17) is 4.74 Å². The molecule has 0 saturated carbocycles. The molecule has 6 heteroatoms. The molecule has 0 radical (unpaired) electrons. The van der Waals surface area contributed by atoms with E-state index in [0.29, 0.717) is 25.1 Å². The van der Waals surface area contributed by atoms with E-state index in [1.807, 2.05) is 23.1 Å². The van der Waals surface area contributed by atoms with Gasteiger partial charge in [-0.1, -0.05) is 18.2 Å². The molecule has 3 heterocycles. The molecular weight excluding hydrogens is 357 g/mol. The van der Waals surface area contributed by atoms with Crippen LogP contribution < -0.4 is 0 Å². The first-order valence-corrected chi connectivity index (χ1v) is 10.1. The fourth-order valence-electron chi connectivity index (χ4n) is 4.75. The number of nitrogens with zero attached hydrogens (tertiary/aromatic N) is 3.